The molecule has 13 heteroatoms. The molecular weight excluding hydrogens is 584 g/mol. The molecule has 3 unspecified atom stereocenters. The molecule has 0 radical (unpaired) electrons. The molecule has 11 nitrogen and oxygen atoms in total. The Morgan fingerprint density at radius 1 is 1.29 bits per heavy atom. The van der Waals surface area contributed by atoms with Gasteiger partial charge < -0.3 is 30.4 Å². The lowest BCUT2D eigenvalue weighted by Crippen LogP contribution is -2.63. The quantitative estimate of drug-likeness (QED) is 0.156. The Kier molecular flexibility index (Phi) is 12.7. The number of thiazole rings is 1. The van der Waals surface area contributed by atoms with Gasteiger partial charge >= 0.3 is 0 Å². The predicted octanol–water partition coefficient (Wildman–Crippen LogP) is 2.40. The van der Waals surface area contributed by atoms with E-state index >= 15 is 0 Å². The molecule has 2 heterocycles. The second-order valence-electron chi connectivity index (χ2n) is 12.9. The van der Waals surface area contributed by atoms with Crippen molar-refractivity contribution in [2.45, 2.75) is 117 Å². The minimum atomic E-state index is -4.33. The zero-order chi connectivity index (χ0) is 32.2. The van der Waals surface area contributed by atoms with Gasteiger partial charge in [-0.15, -0.1) is 11.3 Å². The van der Waals surface area contributed by atoms with Gasteiger partial charge in [0.15, 0.2) is 0 Å². The SMILES string of the molecule is C/C(=C\c1csc(C)n1)[C@@H](O)CC(O)C(C)(O)CCC[C@H](C)[C@H](O)[C@@H](C)C1N(CCS(=O)(=O)O)C(=O)C[C@H](O)C1(C)C. The van der Waals surface area contributed by atoms with Crippen LogP contribution in [0.25, 0.3) is 6.08 Å². The summed E-state index contributed by atoms with van der Waals surface area (Å²) in [4.78, 5) is 18.5. The van der Waals surface area contributed by atoms with Crippen molar-refractivity contribution in [1.29, 1.82) is 0 Å². The topological polar surface area (TPSA) is 189 Å². The van der Waals surface area contributed by atoms with Crippen molar-refractivity contribution in [3.63, 3.8) is 0 Å². The Labute approximate surface area is 254 Å². The number of nitrogens with zero attached hydrogens (tertiary/aromatic N) is 2. The molecule has 0 spiro atoms. The first kappa shape index (κ1) is 36.7. The van der Waals surface area contributed by atoms with Gasteiger partial charge in [-0.05, 0) is 51.2 Å². The standard InChI is InChI=1S/C29H50N2O9S2/c1-17(9-8-10-29(7,37)24(34)14-22(32)18(2)13-21-16-41-20(4)30-21)26(36)19(3)27-28(5,6)23(33)15-25(35)31(27)11-12-42(38,39)40/h13,16-17,19,22-24,26-27,32-34,36-37H,8-12,14-15H2,1-7H3,(H,38,39,40)/b18-13+/t17-,19+,22-,23-,24?,26-,27?,29?/m0/s1. The Morgan fingerprint density at radius 3 is 2.45 bits per heavy atom. The molecule has 0 bridgehead atoms. The molecule has 0 aromatic carbocycles. The van der Waals surface area contributed by atoms with Crippen LogP contribution in [0.5, 0.6) is 0 Å². The number of piperidine rings is 1. The molecule has 8 atom stereocenters. The fourth-order valence-corrected chi connectivity index (χ4v) is 6.99. The van der Waals surface area contributed by atoms with Crippen LogP contribution in [-0.4, -0.2) is 103 Å². The van der Waals surface area contributed by atoms with Crippen LogP contribution in [0, 0.1) is 24.2 Å². The number of carbonyl (C=O) groups is 1. The van der Waals surface area contributed by atoms with Crippen LogP contribution in [-0.2, 0) is 14.9 Å². The largest absolute Gasteiger partial charge is 0.392 e. The van der Waals surface area contributed by atoms with Crippen LogP contribution in [0.15, 0.2) is 11.0 Å². The van der Waals surface area contributed by atoms with Crippen molar-refractivity contribution in [1.82, 2.24) is 9.88 Å². The minimum absolute atomic E-state index is 0.0554. The molecule has 242 valence electrons. The van der Waals surface area contributed by atoms with Crippen LogP contribution in [0.1, 0.15) is 84.3 Å². The molecule has 1 aliphatic rings. The number of aliphatic hydroxyl groups excluding tert-OH is 4. The second-order valence-corrected chi connectivity index (χ2v) is 15.5. The Morgan fingerprint density at radius 2 is 1.90 bits per heavy atom. The maximum Gasteiger partial charge on any atom is 0.266 e. The van der Waals surface area contributed by atoms with Gasteiger partial charge in [0.1, 0.15) is 0 Å². The highest BCUT2D eigenvalue weighted by Crippen LogP contribution is 2.42. The molecule has 1 fully saturated rings. The maximum absolute atomic E-state index is 12.8. The van der Waals surface area contributed by atoms with Gasteiger partial charge in [-0.1, -0.05) is 34.1 Å². The van der Waals surface area contributed by atoms with E-state index < -0.39 is 69.2 Å². The van der Waals surface area contributed by atoms with E-state index in [9.17, 15) is 43.3 Å². The van der Waals surface area contributed by atoms with Crippen molar-refractivity contribution in [2.24, 2.45) is 17.3 Å². The van der Waals surface area contributed by atoms with E-state index in [0.29, 0.717) is 18.4 Å². The molecule has 0 aliphatic carbocycles. The first-order chi connectivity index (χ1) is 19.2. The van der Waals surface area contributed by atoms with Crippen molar-refractivity contribution < 1.29 is 43.3 Å². The number of carbonyl (C=O) groups excluding carboxylic acids is 1. The van der Waals surface area contributed by atoms with E-state index in [-0.39, 0.29) is 31.7 Å². The summed E-state index contributed by atoms with van der Waals surface area (Å²) < 4.78 is 32.1. The minimum Gasteiger partial charge on any atom is -0.392 e. The van der Waals surface area contributed by atoms with Crippen LogP contribution in [0.2, 0.25) is 0 Å². The highest BCUT2D eigenvalue weighted by Gasteiger charge is 2.51. The summed E-state index contributed by atoms with van der Waals surface area (Å²) in [6.07, 6.45) is -1.41. The number of aliphatic hydroxyl groups is 5. The molecule has 6 N–H and O–H groups in total. The summed E-state index contributed by atoms with van der Waals surface area (Å²) in [6.45, 7) is 12.0. The molecule has 1 amide bonds. The molecule has 1 aromatic rings. The zero-order valence-electron chi connectivity index (χ0n) is 25.8. The van der Waals surface area contributed by atoms with Gasteiger partial charge in [0, 0.05) is 35.7 Å². The average Bonchev–Trinajstić information content (AvgIpc) is 3.27. The molecule has 1 aliphatic heterocycles. The number of likely N-dealkylation sites (tertiary alicyclic amines) is 1. The Hall–Kier alpha value is -1.45. The van der Waals surface area contributed by atoms with Gasteiger partial charge in [-0.25, -0.2) is 4.98 Å². The van der Waals surface area contributed by atoms with Crippen molar-refractivity contribution in [3.8, 4) is 0 Å². The van der Waals surface area contributed by atoms with E-state index in [4.69, 9.17) is 0 Å². The smallest absolute Gasteiger partial charge is 0.266 e. The molecule has 1 aromatic heterocycles. The Balaban J connectivity index is 2.01. The predicted molar refractivity (Wildman–Crippen MR) is 162 cm³/mol. The van der Waals surface area contributed by atoms with Gasteiger partial charge in [-0.2, -0.15) is 8.42 Å². The summed E-state index contributed by atoms with van der Waals surface area (Å²) >= 11 is 1.50. The van der Waals surface area contributed by atoms with E-state index in [1.54, 1.807) is 33.8 Å². The summed E-state index contributed by atoms with van der Waals surface area (Å²) in [6, 6.07) is -0.691. The molecule has 42 heavy (non-hydrogen) atoms. The number of amides is 1. The number of rotatable bonds is 15. The summed E-state index contributed by atoms with van der Waals surface area (Å²) in [5.74, 6) is -1.93. The maximum atomic E-state index is 12.8. The van der Waals surface area contributed by atoms with E-state index in [1.165, 1.54) is 23.2 Å². The Bertz CT molecular complexity index is 1180. The lowest BCUT2D eigenvalue weighted by molar-refractivity contribution is -0.161. The first-order valence-corrected chi connectivity index (χ1v) is 17.0. The van der Waals surface area contributed by atoms with Crippen LogP contribution in [0.4, 0.5) is 0 Å². The molecule has 0 saturated carbocycles. The van der Waals surface area contributed by atoms with Gasteiger partial charge in [0.05, 0.1) is 52.9 Å². The zero-order valence-corrected chi connectivity index (χ0v) is 27.4. The highest BCUT2D eigenvalue weighted by atomic mass is 32.2. The third-order valence-corrected chi connectivity index (χ3v) is 10.4. The lowest BCUT2D eigenvalue weighted by Gasteiger charge is -2.52. The summed E-state index contributed by atoms with van der Waals surface area (Å²) in [5.41, 5.74) is -0.981. The summed E-state index contributed by atoms with van der Waals surface area (Å²) in [5, 5.41) is 57.0. The number of hydrogen-bond donors (Lipinski definition) is 6. The summed E-state index contributed by atoms with van der Waals surface area (Å²) in [7, 11) is -4.33. The van der Waals surface area contributed by atoms with Crippen molar-refractivity contribution >= 4 is 33.4 Å². The number of hydrogen-bond acceptors (Lipinski definition) is 10. The fourth-order valence-electron chi connectivity index (χ4n) is 5.99. The van der Waals surface area contributed by atoms with Gasteiger partial charge in [0.25, 0.3) is 10.1 Å². The fraction of sp³-hybridized carbons (Fsp3) is 0.793. The number of aromatic nitrogens is 1. The average molecular weight is 635 g/mol. The number of aryl methyl sites for hydroxylation is 1. The van der Waals surface area contributed by atoms with Crippen molar-refractivity contribution in [2.75, 3.05) is 12.3 Å². The second kappa shape index (κ2) is 14.6. The van der Waals surface area contributed by atoms with Gasteiger partial charge in [-0.3, -0.25) is 9.35 Å². The first-order valence-electron chi connectivity index (χ1n) is 14.5. The third-order valence-electron chi connectivity index (χ3n) is 8.90. The highest BCUT2D eigenvalue weighted by molar-refractivity contribution is 7.85. The molecule has 1 saturated heterocycles. The normalized spacial score (nSPS) is 25.0. The lowest BCUT2D eigenvalue weighted by atomic mass is 9.67. The van der Waals surface area contributed by atoms with E-state index in [1.807, 2.05) is 19.2 Å². The monoisotopic (exact) mass is 634 g/mol. The van der Waals surface area contributed by atoms with E-state index in [2.05, 4.69) is 4.98 Å². The van der Waals surface area contributed by atoms with Crippen LogP contribution in [0.3, 0.4) is 0 Å². The van der Waals surface area contributed by atoms with Crippen LogP contribution < -0.4 is 0 Å². The van der Waals surface area contributed by atoms with E-state index in [0.717, 1.165) is 10.7 Å². The van der Waals surface area contributed by atoms with Crippen molar-refractivity contribution in [3.05, 3.63) is 21.7 Å². The molecular formula is C29H50N2O9S2. The van der Waals surface area contributed by atoms with Crippen LogP contribution >= 0.6 is 11.3 Å². The van der Waals surface area contributed by atoms with Gasteiger partial charge in [0.2, 0.25) is 5.91 Å². The molecule has 2 rings (SSSR count). The third kappa shape index (κ3) is 9.78.